The molecule has 0 radical (unpaired) electrons. The second kappa shape index (κ2) is 6.26. The zero-order valence-corrected chi connectivity index (χ0v) is 12.6. The molecule has 0 amide bonds. The average Bonchev–Trinajstić information content (AvgIpc) is 3.08. The molecule has 0 aliphatic carbocycles. The molecule has 21 heavy (non-hydrogen) atoms. The molecule has 0 spiro atoms. The van der Waals surface area contributed by atoms with Gasteiger partial charge < -0.3 is 19.9 Å². The Morgan fingerprint density at radius 1 is 1.48 bits per heavy atom. The molecule has 1 unspecified atom stereocenters. The van der Waals surface area contributed by atoms with Crippen molar-refractivity contribution in [1.82, 2.24) is 24.8 Å². The fourth-order valence-corrected chi connectivity index (χ4v) is 2.78. The largest absolute Gasteiger partial charge is 0.476 e. The first kappa shape index (κ1) is 14.1. The molecule has 7 nitrogen and oxygen atoms in total. The predicted molar refractivity (Wildman–Crippen MR) is 81.6 cm³/mol. The third kappa shape index (κ3) is 3.07. The molecule has 1 aliphatic rings. The molecule has 1 aliphatic heterocycles. The van der Waals surface area contributed by atoms with E-state index in [-0.39, 0.29) is 0 Å². The topological polar surface area (TPSA) is 79.0 Å². The van der Waals surface area contributed by atoms with Gasteiger partial charge in [-0.3, -0.25) is 0 Å². The smallest absolute Gasteiger partial charge is 0.245 e. The third-order valence-electron chi connectivity index (χ3n) is 3.95. The summed E-state index contributed by atoms with van der Waals surface area (Å²) in [4.78, 5) is 18.4. The average molecular weight is 290 g/mol. The van der Waals surface area contributed by atoms with E-state index in [4.69, 9.17) is 4.74 Å². The number of nitrogens with one attached hydrogen (secondary N) is 2. The van der Waals surface area contributed by atoms with E-state index in [2.05, 4.69) is 37.2 Å². The van der Waals surface area contributed by atoms with E-state index in [1.165, 1.54) is 19.4 Å². The lowest BCUT2D eigenvalue weighted by Gasteiger charge is -2.19. The van der Waals surface area contributed by atoms with Gasteiger partial charge in [-0.05, 0) is 39.8 Å². The molecule has 1 saturated heterocycles. The van der Waals surface area contributed by atoms with Crippen LogP contribution in [0, 0.1) is 0 Å². The molecule has 114 valence electrons. The number of ether oxygens (including phenoxy) is 1. The zero-order valence-electron chi connectivity index (χ0n) is 12.6. The van der Waals surface area contributed by atoms with Crippen LogP contribution in [0.1, 0.15) is 26.2 Å². The van der Waals surface area contributed by atoms with Gasteiger partial charge in [0.15, 0.2) is 5.65 Å². The monoisotopic (exact) mass is 290 g/mol. The Morgan fingerprint density at radius 2 is 2.38 bits per heavy atom. The van der Waals surface area contributed by atoms with Gasteiger partial charge in [-0.25, -0.2) is 4.98 Å². The van der Waals surface area contributed by atoms with E-state index in [0.29, 0.717) is 30.1 Å². The Labute approximate surface area is 124 Å². The maximum Gasteiger partial charge on any atom is 0.245 e. The van der Waals surface area contributed by atoms with Gasteiger partial charge in [-0.15, -0.1) is 0 Å². The number of H-pyrrole nitrogens is 1. The Kier molecular flexibility index (Phi) is 4.19. The highest BCUT2D eigenvalue weighted by Gasteiger charge is 2.20. The Morgan fingerprint density at radius 3 is 3.14 bits per heavy atom. The number of rotatable bonds is 6. The SMILES string of the molecule is CCNc1nc(OCCC2CCCN2C)c2[nH]cnc2n1. The summed E-state index contributed by atoms with van der Waals surface area (Å²) in [6.07, 6.45) is 5.18. The van der Waals surface area contributed by atoms with Crippen molar-refractivity contribution in [3.05, 3.63) is 6.33 Å². The summed E-state index contributed by atoms with van der Waals surface area (Å²) in [5.74, 6) is 1.14. The van der Waals surface area contributed by atoms with Gasteiger partial charge in [0.1, 0.15) is 5.52 Å². The fraction of sp³-hybridized carbons (Fsp3) is 0.643. The van der Waals surface area contributed by atoms with E-state index >= 15 is 0 Å². The molecule has 1 atom stereocenters. The summed E-state index contributed by atoms with van der Waals surface area (Å²) < 4.78 is 5.89. The van der Waals surface area contributed by atoms with Crippen LogP contribution in [-0.2, 0) is 0 Å². The molecule has 2 aromatic heterocycles. The number of anilines is 1. The van der Waals surface area contributed by atoms with Crippen molar-refractivity contribution in [2.45, 2.75) is 32.2 Å². The zero-order chi connectivity index (χ0) is 14.7. The van der Waals surface area contributed by atoms with Gasteiger partial charge in [-0.1, -0.05) is 0 Å². The summed E-state index contributed by atoms with van der Waals surface area (Å²) >= 11 is 0. The minimum Gasteiger partial charge on any atom is -0.476 e. The van der Waals surface area contributed by atoms with E-state index < -0.39 is 0 Å². The quantitative estimate of drug-likeness (QED) is 0.842. The summed E-state index contributed by atoms with van der Waals surface area (Å²) in [6, 6.07) is 0.623. The molecule has 3 rings (SSSR count). The van der Waals surface area contributed by atoms with Crippen LogP contribution in [0.3, 0.4) is 0 Å². The van der Waals surface area contributed by atoms with E-state index in [9.17, 15) is 0 Å². The summed E-state index contributed by atoms with van der Waals surface area (Å²) in [5.41, 5.74) is 1.39. The number of hydrogen-bond donors (Lipinski definition) is 2. The van der Waals surface area contributed by atoms with Crippen LogP contribution < -0.4 is 10.1 Å². The predicted octanol–water partition coefficient (Wildman–Crippen LogP) is 1.65. The van der Waals surface area contributed by atoms with E-state index in [0.717, 1.165) is 18.5 Å². The molecular formula is C14H22N6O. The molecule has 0 bridgehead atoms. The lowest BCUT2D eigenvalue weighted by molar-refractivity contribution is 0.230. The van der Waals surface area contributed by atoms with Crippen LogP contribution in [0.5, 0.6) is 5.88 Å². The summed E-state index contributed by atoms with van der Waals surface area (Å²) in [5, 5.41) is 3.10. The number of fused-ring (bicyclic) bond motifs is 1. The first-order valence-corrected chi connectivity index (χ1v) is 7.56. The van der Waals surface area contributed by atoms with Gasteiger partial charge in [0.25, 0.3) is 0 Å². The van der Waals surface area contributed by atoms with Crippen LogP contribution in [0.15, 0.2) is 6.33 Å². The number of aromatic nitrogens is 4. The van der Waals surface area contributed by atoms with Crippen molar-refractivity contribution in [1.29, 1.82) is 0 Å². The highest BCUT2D eigenvalue weighted by Crippen LogP contribution is 2.22. The molecule has 7 heteroatoms. The molecule has 3 heterocycles. The maximum absolute atomic E-state index is 5.89. The Balaban J connectivity index is 1.68. The van der Waals surface area contributed by atoms with E-state index in [1.807, 2.05) is 6.92 Å². The van der Waals surface area contributed by atoms with Crippen molar-refractivity contribution >= 4 is 17.1 Å². The summed E-state index contributed by atoms with van der Waals surface area (Å²) in [7, 11) is 2.18. The third-order valence-corrected chi connectivity index (χ3v) is 3.95. The van der Waals surface area contributed by atoms with Crippen LogP contribution >= 0.6 is 0 Å². The minimum absolute atomic E-state index is 0.560. The Bertz CT molecular complexity index is 598. The molecule has 0 saturated carbocycles. The number of likely N-dealkylation sites (tertiary alicyclic amines) is 1. The highest BCUT2D eigenvalue weighted by molar-refractivity contribution is 5.76. The number of nitrogens with zero attached hydrogens (tertiary/aromatic N) is 4. The lowest BCUT2D eigenvalue weighted by atomic mass is 10.1. The first-order valence-electron chi connectivity index (χ1n) is 7.56. The van der Waals surface area contributed by atoms with Crippen molar-refractivity contribution in [3.63, 3.8) is 0 Å². The maximum atomic E-state index is 5.89. The van der Waals surface area contributed by atoms with Gasteiger partial charge in [0, 0.05) is 12.6 Å². The molecule has 1 fully saturated rings. The number of aromatic amines is 1. The van der Waals surface area contributed by atoms with Crippen LogP contribution in [0.2, 0.25) is 0 Å². The standard InChI is InChI=1S/C14H22N6O/c1-3-15-14-18-12-11(16-9-17-12)13(19-14)21-8-6-10-5-4-7-20(10)2/h9-10H,3-8H2,1-2H3,(H2,15,16,17,18,19). The van der Waals surface area contributed by atoms with Crippen LogP contribution in [-0.4, -0.2) is 57.6 Å². The van der Waals surface area contributed by atoms with Crippen LogP contribution in [0.4, 0.5) is 5.95 Å². The normalized spacial score (nSPS) is 19.2. The summed E-state index contributed by atoms with van der Waals surface area (Å²) in [6.45, 7) is 4.62. The van der Waals surface area contributed by atoms with Crippen molar-refractivity contribution in [2.75, 3.05) is 32.1 Å². The molecule has 0 aromatic carbocycles. The second-order valence-electron chi connectivity index (χ2n) is 5.40. The van der Waals surface area contributed by atoms with Gasteiger partial charge in [0.05, 0.1) is 12.9 Å². The van der Waals surface area contributed by atoms with Crippen molar-refractivity contribution in [3.8, 4) is 5.88 Å². The fourth-order valence-electron chi connectivity index (χ4n) is 2.78. The number of hydrogen-bond acceptors (Lipinski definition) is 6. The van der Waals surface area contributed by atoms with Gasteiger partial charge >= 0.3 is 0 Å². The van der Waals surface area contributed by atoms with Crippen LogP contribution in [0.25, 0.3) is 11.2 Å². The molecule has 2 aromatic rings. The highest BCUT2D eigenvalue weighted by atomic mass is 16.5. The lowest BCUT2D eigenvalue weighted by Crippen LogP contribution is -2.26. The van der Waals surface area contributed by atoms with Crippen molar-refractivity contribution in [2.24, 2.45) is 0 Å². The van der Waals surface area contributed by atoms with Gasteiger partial charge in [-0.2, -0.15) is 9.97 Å². The van der Waals surface area contributed by atoms with E-state index in [1.54, 1.807) is 6.33 Å². The minimum atomic E-state index is 0.560. The Hall–Kier alpha value is -1.89. The molecular weight excluding hydrogens is 268 g/mol. The first-order chi connectivity index (χ1) is 10.3. The number of imidazole rings is 1. The van der Waals surface area contributed by atoms with Gasteiger partial charge in [0.2, 0.25) is 11.8 Å². The molecule has 2 N–H and O–H groups in total. The van der Waals surface area contributed by atoms with Crippen molar-refractivity contribution < 1.29 is 4.74 Å². The second-order valence-corrected chi connectivity index (χ2v) is 5.40.